The van der Waals surface area contributed by atoms with Crippen LogP contribution in [0.4, 0.5) is 0 Å². The van der Waals surface area contributed by atoms with Gasteiger partial charge in [-0.1, -0.05) is 84.4 Å². The minimum absolute atomic E-state index is 0.503. The molecule has 0 fully saturated rings. The highest BCUT2D eigenvalue weighted by Crippen LogP contribution is 2.27. The number of fused-ring (bicyclic) bond motifs is 1. The average Bonchev–Trinajstić information content (AvgIpc) is 3.33. The van der Waals surface area contributed by atoms with Crippen LogP contribution >= 0.6 is 11.6 Å². The van der Waals surface area contributed by atoms with Crippen molar-refractivity contribution in [3.05, 3.63) is 113 Å². The van der Waals surface area contributed by atoms with E-state index in [0.29, 0.717) is 16.3 Å². The lowest BCUT2D eigenvalue weighted by atomic mass is 10.0. The van der Waals surface area contributed by atoms with Crippen LogP contribution in [0.25, 0.3) is 39.9 Å². The van der Waals surface area contributed by atoms with Crippen LogP contribution in [0.5, 0.6) is 0 Å². The Morgan fingerprint density at radius 1 is 0.844 bits per heavy atom. The van der Waals surface area contributed by atoms with Gasteiger partial charge in [-0.2, -0.15) is 10.4 Å². The first-order chi connectivity index (χ1) is 15.7. The molecule has 0 unspecified atom stereocenters. The molecular formula is C27H17ClN4. The normalized spacial score (nSPS) is 11.1. The van der Waals surface area contributed by atoms with E-state index in [1.54, 1.807) is 6.20 Å². The second kappa shape index (κ2) is 8.50. The summed E-state index contributed by atoms with van der Waals surface area (Å²) in [4.78, 5) is 1.52. The first-order valence-electron chi connectivity index (χ1n) is 10.1. The van der Waals surface area contributed by atoms with E-state index in [1.165, 1.54) is 4.80 Å². The van der Waals surface area contributed by atoms with Crippen molar-refractivity contribution in [3.63, 3.8) is 0 Å². The molecule has 5 aromatic rings. The molecule has 32 heavy (non-hydrogen) atoms. The molecular weight excluding hydrogens is 416 g/mol. The van der Waals surface area contributed by atoms with Crippen LogP contribution in [0.3, 0.4) is 0 Å². The summed E-state index contributed by atoms with van der Waals surface area (Å²) in [5.41, 5.74) is 4.87. The predicted molar refractivity (Wildman–Crippen MR) is 129 cm³/mol. The first-order valence-corrected chi connectivity index (χ1v) is 10.5. The molecule has 0 saturated heterocycles. The number of benzene rings is 4. The maximum atomic E-state index is 9.73. The summed E-state index contributed by atoms with van der Waals surface area (Å²) in [7, 11) is 0. The van der Waals surface area contributed by atoms with Gasteiger partial charge < -0.3 is 0 Å². The molecule has 4 aromatic carbocycles. The van der Waals surface area contributed by atoms with Crippen molar-refractivity contribution in [2.45, 2.75) is 0 Å². The van der Waals surface area contributed by atoms with Crippen LogP contribution in [0, 0.1) is 11.3 Å². The summed E-state index contributed by atoms with van der Waals surface area (Å²) in [6, 6.07) is 29.8. The number of hydrogen-bond acceptors (Lipinski definition) is 3. The fourth-order valence-corrected chi connectivity index (χ4v) is 3.76. The van der Waals surface area contributed by atoms with Crippen molar-refractivity contribution in [2.24, 2.45) is 0 Å². The molecule has 0 saturated carbocycles. The summed E-state index contributed by atoms with van der Waals surface area (Å²) in [5.74, 6) is 0. The second-order valence-electron chi connectivity index (χ2n) is 7.32. The molecule has 0 N–H and O–H groups in total. The van der Waals surface area contributed by atoms with Gasteiger partial charge in [0, 0.05) is 10.6 Å². The Hall–Kier alpha value is -4.20. The van der Waals surface area contributed by atoms with Gasteiger partial charge >= 0.3 is 0 Å². The largest absolute Gasteiger partial charge is 0.192 e. The fraction of sp³-hybridized carbons (Fsp3) is 0. The third-order valence-corrected chi connectivity index (χ3v) is 5.50. The van der Waals surface area contributed by atoms with Crippen molar-refractivity contribution in [1.82, 2.24) is 15.0 Å². The summed E-state index contributed by atoms with van der Waals surface area (Å²) < 4.78 is 0. The quantitative estimate of drug-likeness (QED) is 0.294. The number of halogens is 1. The average molecular weight is 433 g/mol. The molecule has 0 atom stereocenters. The highest BCUT2D eigenvalue weighted by molar-refractivity contribution is 6.30. The van der Waals surface area contributed by atoms with Crippen molar-refractivity contribution in [3.8, 4) is 23.0 Å². The summed E-state index contributed by atoms with van der Waals surface area (Å²) in [6.07, 6.45) is 5.68. The zero-order valence-electron chi connectivity index (χ0n) is 17.0. The SMILES string of the molecule is N#Cc1cc(C=Cc2ccc(Cl)cc2)ccc1-n1ncc(-c2cccc3ccccc23)n1. The number of rotatable bonds is 4. The van der Waals surface area contributed by atoms with Crippen molar-refractivity contribution in [2.75, 3.05) is 0 Å². The number of nitriles is 1. The van der Waals surface area contributed by atoms with Gasteiger partial charge in [-0.15, -0.1) is 9.90 Å². The molecule has 5 heteroatoms. The van der Waals surface area contributed by atoms with E-state index in [-0.39, 0.29) is 0 Å². The van der Waals surface area contributed by atoms with Crippen molar-refractivity contribution >= 4 is 34.5 Å². The molecule has 152 valence electrons. The standard InChI is InChI=1S/C27H17ClN4/c28-23-13-10-19(11-14-23)8-9-20-12-15-27(22(16-20)17-29)32-30-18-26(31-32)25-7-3-5-21-4-1-2-6-24(21)25/h1-16,18H. The molecule has 0 radical (unpaired) electrons. The van der Waals surface area contributed by atoms with Crippen LogP contribution < -0.4 is 0 Å². The Morgan fingerprint density at radius 3 is 2.44 bits per heavy atom. The lowest BCUT2D eigenvalue weighted by molar-refractivity contribution is 0.752. The lowest BCUT2D eigenvalue weighted by Crippen LogP contribution is -2.02. The van der Waals surface area contributed by atoms with Gasteiger partial charge in [0.05, 0.1) is 11.8 Å². The molecule has 1 heterocycles. The van der Waals surface area contributed by atoms with Gasteiger partial charge in [0.2, 0.25) is 0 Å². The van der Waals surface area contributed by atoms with Gasteiger partial charge in [-0.25, -0.2) is 0 Å². The lowest BCUT2D eigenvalue weighted by Gasteiger charge is -2.05. The summed E-state index contributed by atoms with van der Waals surface area (Å²) >= 11 is 5.94. The van der Waals surface area contributed by atoms with E-state index in [2.05, 4.69) is 34.5 Å². The zero-order chi connectivity index (χ0) is 21.9. The van der Waals surface area contributed by atoms with E-state index in [1.807, 2.05) is 78.9 Å². The van der Waals surface area contributed by atoms with Crippen LogP contribution in [0.15, 0.2) is 91.1 Å². The number of aromatic nitrogens is 3. The summed E-state index contributed by atoms with van der Waals surface area (Å²) in [5, 5.41) is 21.8. The second-order valence-corrected chi connectivity index (χ2v) is 7.76. The topological polar surface area (TPSA) is 54.5 Å². The van der Waals surface area contributed by atoms with Crippen molar-refractivity contribution < 1.29 is 0 Å². The third-order valence-electron chi connectivity index (χ3n) is 5.25. The maximum Gasteiger partial charge on any atom is 0.114 e. The Balaban J connectivity index is 1.47. The van der Waals surface area contributed by atoms with Gasteiger partial charge in [-0.05, 0) is 46.2 Å². The molecule has 0 bridgehead atoms. The smallest absolute Gasteiger partial charge is 0.114 e. The van der Waals surface area contributed by atoms with Crippen LogP contribution in [-0.2, 0) is 0 Å². The fourth-order valence-electron chi connectivity index (χ4n) is 3.64. The number of nitrogens with zero attached hydrogens (tertiary/aromatic N) is 4. The zero-order valence-corrected chi connectivity index (χ0v) is 17.7. The van der Waals surface area contributed by atoms with Crippen LogP contribution in [0.2, 0.25) is 5.02 Å². The van der Waals surface area contributed by atoms with Gasteiger partial charge in [-0.3, -0.25) is 0 Å². The van der Waals surface area contributed by atoms with Crippen LogP contribution in [-0.4, -0.2) is 15.0 Å². The minimum Gasteiger partial charge on any atom is -0.192 e. The van der Waals surface area contributed by atoms with Gasteiger partial charge in [0.15, 0.2) is 0 Å². The highest BCUT2D eigenvalue weighted by Gasteiger charge is 2.11. The van der Waals surface area contributed by atoms with Crippen molar-refractivity contribution in [1.29, 1.82) is 5.26 Å². The molecule has 4 nitrogen and oxygen atoms in total. The highest BCUT2D eigenvalue weighted by atomic mass is 35.5. The minimum atomic E-state index is 0.503. The summed E-state index contributed by atoms with van der Waals surface area (Å²) in [6.45, 7) is 0. The Labute approximate surface area is 190 Å². The molecule has 1 aromatic heterocycles. The van der Waals surface area contributed by atoms with E-state index < -0.39 is 0 Å². The molecule has 0 aliphatic heterocycles. The van der Waals surface area contributed by atoms with Gasteiger partial charge in [0.1, 0.15) is 17.5 Å². The van der Waals surface area contributed by atoms with Gasteiger partial charge in [0.25, 0.3) is 0 Å². The first kappa shape index (κ1) is 19.7. The van der Waals surface area contributed by atoms with E-state index >= 15 is 0 Å². The Morgan fingerprint density at radius 2 is 1.59 bits per heavy atom. The van der Waals surface area contributed by atoms with E-state index in [0.717, 1.165) is 33.2 Å². The van der Waals surface area contributed by atoms with E-state index in [9.17, 15) is 5.26 Å². The third kappa shape index (κ3) is 3.90. The Kier molecular flexibility index (Phi) is 5.25. The number of hydrogen-bond donors (Lipinski definition) is 0. The molecule has 0 amide bonds. The van der Waals surface area contributed by atoms with E-state index in [4.69, 9.17) is 11.6 Å². The molecule has 0 aliphatic carbocycles. The maximum absolute atomic E-state index is 9.73. The molecule has 0 spiro atoms. The monoisotopic (exact) mass is 432 g/mol. The van der Waals surface area contributed by atoms with Crippen LogP contribution in [0.1, 0.15) is 16.7 Å². The predicted octanol–water partition coefficient (Wildman–Crippen LogP) is 6.78. The molecule has 0 aliphatic rings. The molecule has 5 rings (SSSR count). The Bertz CT molecular complexity index is 1490.